The van der Waals surface area contributed by atoms with Gasteiger partial charge in [-0.25, -0.2) is 0 Å². The average Bonchev–Trinajstić information content (AvgIpc) is 2.15. The molecule has 0 radical (unpaired) electrons. The monoisotopic (exact) mass is 144 g/mol. The van der Waals surface area contributed by atoms with Crippen LogP contribution in [0.5, 0.6) is 0 Å². The van der Waals surface area contributed by atoms with Crippen molar-refractivity contribution in [3.8, 4) is 0 Å². The molecule has 0 amide bonds. The van der Waals surface area contributed by atoms with Gasteiger partial charge in [0.15, 0.2) is 0 Å². The molecule has 1 aliphatic rings. The molecular weight excluding hydrogens is 128 g/mol. The highest BCUT2D eigenvalue weighted by Crippen LogP contribution is 2.01. The summed E-state index contributed by atoms with van der Waals surface area (Å²) in [6, 6.07) is 0. The molecule has 0 bridgehead atoms. The number of carbonyl (C=O) groups excluding carboxylic acids is 1. The van der Waals surface area contributed by atoms with Gasteiger partial charge in [0.05, 0.1) is 6.61 Å². The number of rotatable bonds is 0. The molecule has 0 unspecified atom stereocenters. The van der Waals surface area contributed by atoms with Crippen LogP contribution in [0.25, 0.3) is 0 Å². The number of hydrogen-bond acceptors (Lipinski definition) is 2. The third kappa shape index (κ3) is 7.47. The lowest BCUT2D eigenvalue weighted by molar-refractivity contribution is -0.137. The van der Waals surface area contributed by atoms with Crippen molar-refractivity contribution in [3.63, 3.8) is 0 Å². The van der Waals surface area contributed by atoms with Crippen molar-refractivity contribution < 1.29 is 9.53 Å². The maximum Gasteiger partial charge on any atom is 0.305 e. The van der Waals surface area contributed by atoms with E-state index in [1.165, 1.54) is 0 Å². The number of esters is 1. The lowest BCUT2D eigenvalue weighted by Crippen LogP contribution is -1.88. The lowest BCUT2D eigenvalue weighted by Gasteiger charge is -1.81. The molecule has 0 aromatic carbocycles. The zero-order valence-electron chi connectivity index (χ0n) is 7.02. The molecule has 1 rings (SSSR count). The molecule has 2 heteroatoms. The predicted octanol–water partition coefficient (Wildman–Crippen LogP) is 1.99. The second-order valence-electron chi connectivity index (χ2n) is 3.06. The second-order valence-corrected chi connectivity index (χ2v) is 3.06. The first-order chi connectivity index (χ1) is 4.63. The molecule has 1 aliphatic heterocycles. The maximum atomic E-state index is 10.0. The Kier molecular flexibility index (Phi) is 4.99. The van der Waals surface area contributed by atoms with Crippen LogP contribution in [-0.2, 0) is 9.53 Å². The van der Waals surface area contributed by atoms with Crippen LogP contribution < -0.4 is 0 Å². The Balaban J connectivity index is 0.000000180. The number of ether oxygens (including phenoxy) is 1. The van der Waals surface area contributed by atoms with Crippen molar-refractivity contribution in [2.75, 3.05) is 6.61 Å². The van der Waals surface area contributed by atoms with Crippen LogP contribution in [-0.4, -0.2) is 12.6 Å². The van der Waals surface area contributed by atoms with Crippen molar-refractivity contribution in [1.29, 1.82) is 0 Å². The number of carbonyl (C=O) groups is 1. The van der Waals surface area contributed by atoms with Gasteiger partial charge in [-0.15, -0.1) is 0 Å². The zero-order chi connectivity index (χ0) is 7.98. The summed E-state index contributed by atoms with van der Waals surface area (Å²) >= 11 is 0. The molecular formula is C8H16O2. The fourth-order valence-corrected chi connectivity index (χ4v) is 0.475. The highest BCUT2D eigenvalue weighted by atomic mass is 16.5. The Bertz CT molecular complexity index is 86.7. The van der Waals surface area contributed by atoms with Gasteiger partial charge < -0.3 is 4.74 Å². The third-order valence-corrected chi connectivity index (χ3v) is 0.788. The topological polar surface area (TPSA) is 26.3 Å². The van der Waals surface area contributed by atoms with Gasteiger partial charge in [0.25, 0.3) is 0 Å². The predicted molar refractivity (Wildman–Crippen MR) is 40.7 cm³/mol. The van der Waals surface area contributed by atoms with Gasteiger partial charge in [-0.05, 0) is 12.3 Å². The first kappa shape index (κ1) is 9.47. The van der Waals surface area contributed by atoms with Gasteiger partial charge in [0.1, 0.15) is 0 Å². The van der Waals surface area contributed by atoms with E-state index < -0.39 is 0 Å². The summed E-state index contributed by atoms with van der Waals surface area (Å²) in [5.41, 5.74) is 0. The lowest BCUT2D eigenvalue weighted by atomic mass is 10.3. The van der Waals surface area contributed by atoms with E-state index in [1.807, 2.05) is 0 Å². The molecule has 2 nitrogen and oxygen atoms in total. The Labute approximate surface area is 62.6 Å². The largest absolute Gasteiger partial charge is 0.466 e. The SMILES string of the molecule is CC(C)C.O=C1CCCO1. The highest BCUT2D eigenvalue weighted by Gasteiger charge is 2.08. The zero-order valence-corrected chi connectivity index (χ0v) is 7.02. The van der Waals surface area contributed by atoms with Crippen molar-refractivity contribution in [1.82, 2.24) is 0 Å². The molecule has 0 atom stereocenters. The van der Waals surface area contributed by atoms with Crippen molar-refractivity contribution >= 4 is 5.97 Å². The summed E-state index contributed by atoms with van der Waals surface area (Å²) in [4.78, 5) is 10.0. The summed E-state index contributed by atoms with van der Waals surface area (Å²) in [5.74, 6) is 0.787. The van der Waals surface area contributed by atoms with Gasteiger partial charge in [-0.1, -0.05) is 20.8 Å². The summed E-state index contributed by atoms with van der Waals surface area (Å²) in [6.07, 6.45) is 1.54. The Morgan fingerprint density at radius 2 is 1.90 bits per heavy atom. The standard InChI is InChI=1S/C4H6O2.C4H10/c5-4-2-1-3-6-4;1-4(2)3/h1-3H2;4H,1-3H3. The normalized spacial score (nSPS) is 16.2. The van der Waals surface area contributed by atoms with E-state index in [2.05, 4.69) is 25.5 Å². The molecule has 0 saturated carbocycles. The molecule has 60 valence electrons. The van der Waals surface area contributed by atoms with E-state index in [0.29, 0.717) is 13.0 Å². The van der Waals surface area contributed by atoms with Crippen LogP contribution in [0.2, 0.25) is 0 Å². The molecule has 0 aromatic heterocycles. The molecule has 1 fully saturated rings. The van der Waals surface area contributed by atoms with E-state index in [-0.39, 0.29) is 5.97 Å². The van der Waals surface area contributed by atoms with Crippen LogP contribution >= 0.6 is 0 Å². The van der Waals surface area contributed by atoms with Gasteiger partial charge in [-0.2, -0.15) is 0 Å². The quantitative estimate of drug-likeness (QED) is 0.486. The van der Waals surface area contributed by atoms with E-state index in [1.54, 1.807) is 0 Å². The van der Waals surface area contributed by atoms with E-state index in [0.717, 1.165) is 12.3 Å². The molecule has 0 spiro atoms. The van der Waals surface area contributed by atoms with Crippen molar-refractivity contribution in [2.24, 2.45) is 5.92 Å². The van der Waals surface area contributed by atoms with Gasteiger partial charge in [0, 0.05) is 6.42 Å². The Morgan fingerprint density at radius 3 is 2.00 bits per heavy atom. The fraction of sp³-hybridized carbons (Fsp3) is 0.875. The summed E-state index contributed by atoms with van der Waals surface area (Å²) in [6.45, 7) is 7.14. The Morgan fingerprint density at radius 1 is 1.40 bits per heavy atom. The minimum Gasteiger partial charge on any atom is -0.466 e. The second kappa shape index (κ2) is 5.27. The van der Waals surface area contributed by atoms with Gasteiger partial charge in [0.2, 0.25) is 0 Å². The third-order valence-electron chi connectivity index (χ3n) is 0.788. The molecule has 1 saturated heterocycles. The fourth-order valence-electron chi connectivity index (χ4n) is 0.475. The molecule has 1 heterocycles. The van der Waals surface area contributed by atoms with E-state index in [4.69, 9.17) is 0 Å². The van der Waals surface area contributed by atoms with Gasteiger partial charge >= 0.3 is 5.97 Å². The molecule has 0 aliphatic carbocycles. The maximum absolute atomic E-state index is 10.0. The Hall–Kier alpha value is -0.530. The number of cyclic esters (lactones) is 1. The summed E-state index contributed by atoms with van der Waals surface area (Å²) in [7, 11) is 0. The minimum atomic E-state index is -0.0463. The number of hydrogen-bond donors (Lipinski definition) is 0. The van der Waals surface area contributed by atoms with Gasteiger partial charge in [-0.3, -0.25) is 4.79 Å². The first-order valence-electron chi connectivity index (χ1n) is 3.78. The van der Waals surface area contributed by atoms with Crippen LogP contribution in [0.1, 0.15) is 33.6 Å². The summed E-state index contributed by atoms with van der Waals surface area (Å²) < 4.78 is 4.51. The highest BCUT2D eigenvalue weighted by molar-refractivity contribution is 5.70. The van der Waals surface area contributed by atoms with E-state index >= 15 is 0 Å². The smallest absolute Gasteiger partial charge is 0.305 e. The van der Waals surface area contributed by atoms with Crippen LogP contribution in [0.15, 0.2) is 0 Å². The molecule has 10 heavy (non-hydrogen) atoms. The average molecular weight is 144 g/mol. The van der Waals surface area contributed by atoms with Crippen molar-refractivity contribution in [2.45, 2.75) is 33.6 Å². The minimum absolute atomic E-state index is 0.0463. The first-order valence-corrected chi connectivity index (χ1v) is 3.78. The van der Waals surface area contributed by atoms with Crippen molar-refractivity contribution in [3.05, 3.63) is 0 Å². The van der Waals surface area contributed by atoms with E-state index in [9.17, 15) is 4.79 Å². The van der Waals surface area contributed by atoms with Crippen LogP contribution in [0.4, 0.5) is 0 Å². The molecule has 0 aromatic rings. The molecule has 0 N–H and O–H groups in total. The van der Waals surface area contributed by atoms with Crippen LogP contribution in [0, 0.1) is 5.92 Å². The summed E-state index contributed by atoms with van der Waals surface area (Å²) in [5, 5.41) is 0. The van der Waals surface area contributed by atoms with Crippen LogP contribution in [0.3, 0.4) is 0 Å².